The Labute approximate surface area is 382 Å². The van der Waals surface area contributed by atoms with E-state index in [1.54, 1.807) is 0 Å². The maximum atomic E-state index is 13.2. The molecule has 0 aliphatic heterocycles. The second-order valence-corrected chi connectivity index (χ2v) is 17.0. The summed E-state index contributed by atoms with van der Waals surface area (Å²) in [7, 11) is 0. The summed E-state index contributed by atoms with van der Waals surface area (Å²) >= 11 is 0. The summed E-state index contributed by atoms with van der Waals surface area (Å²) in [6, 6.07) is -0.729. The van der Waals surface area contributed by atoms with Gasteiger partial charge in [0.25, 0.3) is 0 Å². The number of aliphatic hydroxyl groups excluding tert-OH is 2. The normalized spacial score (nSPS) is 14.1. The van der Waals surface area contributed by atoms with Gasteiger partial charge in [0.1, 0.15) is 6.10 Å². The zero-order chi connectivity index (χ0) is 45.2. The molecule has 62 heavy (non-hydrogen) atoms. The zero-order valence-corrected chi connectivity index (χ0v) is 40.2. The highest BCUT2D eigenvalue weighted by molar-refractivity contribution is 5.77. The van der Waals surface area contributed by atoms with Gasteiger partial charge in [0.05, 0.1) is 25.2 Å². The molecular weight excluding hydrogens is 767 g/mol. The van der Waals surface area contributed by atoms with E-state index in [2.05, 4.69) is 68.6 Å². The van der Waals surface area contributed by atoms with Gasteiger partial charge < -0.3 is 20.3 Å². The van der Waals surface area contributed by atoms with Crippen molar-refractivity contribution >= 4 is 11.9 Å². The first-order valence-electron chi connectivity index (χ1n) is 25.6. The smallest absolute Gasteiger partial charge is 0.306 e. The van der Waals surface area contributed by atoms with E-state index in [-0.39, 0.29) is 31.3 Å². The highest BCUT2D eigenvalue weighted by atomic mass is 16.5. The van der Waals surface area contributed by atoms with Crippen LogP contribution in [0.4, 0.5) is 0 Å². The van der Waals surface area contributed by atoms with Gasteiger partial charge in [0, 0.05) is 6.42 Å². The van der Waals surface area contributed by atoms with Crippen LogP contribution in [0.5, 0.6) is 0 Å². The predicted octanol–water partition coefficient (Wildman–Crippen LogP) is 15.3. The topological polar surface area (TPSA) is 95.9 Å². The predicted molar refractivity (Wildman–Crippen MR) is 268 cm³/mol. The molecule has 6 nitrogen and oxygen atoms in total. The molecule has 0 spiro atoms. The van der Waals surface area contributed by atoms with Crippen molar-refractivity contribution in [1.29, 1.82) is 0 Å². The Morgan fingerprint density at radius 1 is 0.484 bits per heavy atom. The van der Waals surface area contributed by atoms with E-state index in [1.807, 2.05) is 54.7 Å². The van der Waals surface area contributed by atoms with Gasteiger partial charge in [-0.3, -0.25) is 9.59 Å². The quantitative estimate of drug-likeness (QED) is 0.0322. The van der Waals surface area contributed by atoms with Gasteiger partial charge in [0.2, 0.25) is 5.91 Å². The fourth-order valence-electron chi connectivity index (χ4n) is 7.28. The SMILES string of the molecule is CC/C=C/C=C/C=C\C=C/C=C/CCCC(=O)OC(CCCCCCC/C=C/C=C/C=C/CC)CC(=O)NC(CO)C(O)CCCCCCCCCCCCCCCCCCC. The zero-order valence-electron chi connectivity index (χ0n) is 40.2. The third kappa shape index (κ3) is 43.4. The number of aliphatic hydroxyl groups is 2. The summed E-state index contributed by atoms with van der Waals surface area (Å²) < 4.78 is 5.87. The molecular formula is C56H95NO5. The average Bonchev–Trinajstić information content (AvgIpc) is 3.26. The Morgan fingerprint density at radius 2 is 0.871 bits per heavy atom. The molecule has 0 rings (SSSR count). The number of nitrogens with one attached hydrogen (secondary N) is 1. The van der Waals surface area contributed by atoms with Crippen molar-refractivity contribution < 1.29 is 24.5 Å². The Morgan fingerprint density at radius 3 is 1.32 bits per heavy atom. The third-order valence-electron chi connectivity index (χ3n) is 11.1. The average molecular weight is 862 g/mol. The van der Waals surface area contributed by atoms with E-state index < -0.39 is 18.2 Å². The minimum absolute atomic E-state index is 0.0299. The van der Waals surface area contributed by atoms with E-state index in [4.69, 9.17) is 4.74 Å². The summed E-state index contributed by atoms with van der Waals surface area (Å²) in [5.74, 6) is -0.590. The van der Waals surface area contributed by atoms with Gasteiger partial charge in [-0.2, -0.15) is 0 Å². The molecule has 0 bridgehead atoms. The lowest BCUT2D eigenvalue weighted by atomic mass is 10.0. The Hall–Kier alpha value is -3.22. The lowest BCUT2D eigenvalue weighted by molar-refractivity contribution is -0.151. The van der Waals surface area contributed by atoms with Crippen LogP contribution < -0.4 is 5.32 Å². The number of rotatable bonds is 44. The molecule has 3 atom stereocenters. The van der Waals surface area contributed by atoms with E-state index in [0.29, 0.717) is 19.3 Å². The number of carbonyl (C=O) groups is 2. The van der Waals surface area contributed by atoms with Gasteiger partial charge in [-0.15, -0.1) is 0 Å². The number of esters is 1. The largest absolute Gasteiger partial charge is 0.462 e. The van der Waals surface area contributed by atoms with E-state index in [1.165, 1.54) is 89.9 Å². The minimum Gasteiger partial charge on any atom is -0.462 e. The first-order valence-corrected chi connectivity index (χ1v) is 25.6. The Balaban J connectivity index is 4.65. The molecule has 1 amide bonds. The number of amides is 1. The van der Waals surface area contributed by atoms with Crippen LogP contribution in [0, 0.1) is 0 Å². The molecule has 0 aliphatic carbocycles. The number of unbranched alkanes of at least 4 members (excludes halogenated alkanes) is 22. The van der Waals surface area contributed by atoms with Crippen molar-refractivity contribution in [3.63, 3.8) is 0 Å². The summed E-state index contributed by atoms with van der Waals surface area (Å²) in [5.41, 5.74) is 0. The van der Waals surface area contributed by atoms with Crippen LogP contribution in [0.25, 0.3) is 0 Å². The van der Waals surface area contributed by atoms with Crippen molar-refractivity contribution in [3.8, 4) is 0 Å². The molecule has 0 aromatic heterocycles. The van der Waals surface area contributed by atoms with E-state index in [9.17, 15) is 19.8 Å². The number of carbonyl (C=O) groups excluding carboxylic acids is 2. The maximum Gasteiger partial charge on any atom is 0.306 e. The first-order chi connectivity index (χ1) is 30.5. The molecule has 0 saturated carbocycles. The molecule has 0 aromatic carbocycles. The van der Waals surface area contributed by atoms with Crippen LogP contribution >= 0.6 is 0 Å². The number of hydrogen-bond donors (Lipinski definition) is 3. The lowest BCUT2D eigenvalue weighted by Crippen LogP contribution is -2.46. The maximum absolute atomic E-state index is 13.2. The fourth-order valence-corrected chi connectivity index (χ4v) is 7.28. The van der Waals surface area contributed by atoms with Crippen LogP contribution in [-0.4, -0.2) is 46.9 Å². The van der Waals surface area contributed by atoms with Crippen LogP contribution in [0.2, 0.25) is 0 Å². The highest BCUT2D eigenvalue weighted by Gasteiger charge is 2.24. The second-order valence-electron chi connectivity index (χ2n) is 17.0. The number of hydrogen-bond acceptors (Lipinski definition) is 5. The summed E-state index contributed by atoms with van der Waals surface area (Å²) in [6.45, 7) is 6.18. The first kappa shape index (κ1) is 58.8. The van der Waals surface area contributed by atoms with Gasteiger partial charge in [-0.1, -0.05) is 246 Å². The summed E-state index contributed by atoms with van der Waals surface area (Å²) in [6.07, 6.45) is 64.7. The fraction of sp³-hybridized carbons (Fsp3) is 0.679. The van der Waals surface area contributed by atoms with Crippen LogP contribution in [0.15, 0.2) is 97.2 Å². The molecule has 0 radical (unpaired) electrons. The van der Waals surface area contributed by atoms with Crippen LogP contribution in [0.3, 0.4) is 0 Å². The summed E-state index contributed by atoms with van der Waals surface area (Å²) in [4.78, 5) is 26.1. The molecule has 0 saturated heterocycles. The van der Waals surface area contributed by atoms with Gasteiger partial charge >= 0.3 is 5.97 Å². The van der Waals surface area contributed by atoms with Crippen molar-refractivity contribution in [2.24, 2.45) is 0 Å². The summed E-state index contributed by atoms with van der Waals surface area (Å²) in [5, 5.41) is 23.8. The Bertz CT molecular complexity index is 1240. The monoisotopic (exact) mass is 862 g/mol. The van der Waals surface area contributed by atoms with Gasteiger partial charge in [0.15, 0.2) is 0 Å². The number of ether oxygens (including phenoxy) is 1. The van der Waals surface area contributed by atoms with Gasteiger partial charge in [-0.25, -0.2) is 0 Å². The van der Waals surface area contributed by atoms with Crippen LogP contribution in [0.1, 0.15) is 220 Å². The standard InChI is InChI=1S/C56H95NO5/c1-4-7-10-13-16-19-22-25-26-27-28-31-33-36-39-42-45-48-54(59)53(51-58)57-55(60)50-52(47-44-41-38-35-32-29-23-20-17-14-11-8-5-2)62-56(61)49-46-43-40-37-34-30-24-21-18-15-12-9-6-3/h8-9,11-12,14-15,17-18,20-21,23-24,30,34,37,40,52-54,58-59H,4-7,10,13,16,19,22,25-29,31-33,35-36,38-39,41-51H2,1-3H3,(H,57,60)/b11-8+,12-9+,17-14+,18-15+,23-20+,24-21-,34-30-,40-37+. The van der Waals surface area contributed by atoms with E-state index >= 15 is 0 Å². The third-order valence-corrected chi connectivity index (χ3v) is 11.1. The van der Waals surface area contributed by atoms with Gasteiger partial charge in [-0.05, 0) is 57.8 Å². The molecule has 3 N–H and O–H groups in total. The Kier molecular flexibility index (Phi) is 46.3. The second kappa shape index (κ2) is 48.8. The lowest BCUT2D eigenvalue weighted by Gasteiger charge is -2.24. The van der Waals surface area contributed by atoms with Crippen molar-refractivity contribution in [3.05, 3.63) is 97.2 Å². The molecule has 354 valence electrons. The molecule has 6 heteroatoms. The van der Waals surface area contributed by atoms with Crippen molar-refractivity contribution in [2.75, 3.05) is 6.61 Å². The van der Waals surface area contributed by atoms with E-state index in [0.717, 1.165) is 77.0 Å². The molecule has 3 unspecified atom stereocenters. The molecule has 0 heterocycles. The molecule has 0 aromatic rings. The van der Waals surface area contributed by atoms with Crippen molar-refractivity contribution in [2.45, 2.75) is 238 Å². The van der Waals surface area contributed by atoms with Crippen LogP contribution in [-0.2, 0) is 14.3 Å². The minimum atomic E-state index is -0.811. The highest BCUT2D eigenvalue weighted by Crippen LogP contribution is 2.17. The molecule has 0 aliphatic rings. The van der Waals surface area contributed by atoms with Crippen molar-refractivity contribution in [1.82, 2.24) is 5.32 Å². The number of allylic oxidation sites excluding steroid dienone is 16. The molecule has 0 fully saturated rings.